The molecule has 4 heterocycles. The van der Waals surface area contributed by atoms with E-state index in [0.29, 0.717) is 36.1 Å². The van der Waals surface area contributed by atoms with Crippen molar-refractivity contribution in [2.24, 2.45) is 22.7 Å². The number of nitrogens with one attached hydrogen (secondary N) is 1. The Labute approximate surface area is 314 Å². The van der Waals surface area contributed by atoms with E-state index in [-0.39, 0.29) is 16.9 Å². The number of rotatable bonds is 3. The fraction of sp³-hybridized carbons (Fsp3) is 0.479. The first kappa shape index (κ1) is 31.4. The van der Waals surface area contributed by atoms with Crippen LogP contribution in [0.2, 0.25) is 0 Å². The van der Waals surface area contributed by atoms with Crippen molar-refractivity contribution in [3.05, 3.63) is 131 Å². The normalized spacial score (nSPS) is 40.3. The first-order valence-electron chi connectivity index (χ1n) is 21.1. The molecule has 4 saturated carbocycles. The maximum absolute atomic E-state index is 7.11. The summed E-state index contributed by atoms with van der Waals surface area (Å²) in [6.45, 7) is 0. The van der Waals surface area contributed by atoms with Gasteiger partial charge in [-0.1, -0.05) is 117 Å². The maximum Gasteiger partial charge on any atom is 0.133 e. The van der Waals surface area contributed by atoms with Crippen molar-refractivity contribution in [2.45, 2.75) is 124 Å². The lowest BCUT2D eigenvalue weighted by Crippen LogP contribution is -2.63. The van der Waals surface area contributed by atoms with E-state index in [2.05, 4.69) is 113 Å². The summed E-state index contributed by atoms with van der Waals surface area (Å²) in [4.78, 5) is 9.01. The SMILES string of the molecule is C1=CC2C3(CCC=C(c4ccccc4)NC(c4ccccc4)=N3)C23C(=C1)Oc1ccc(C2CCC4OC5CCCCC5N5C6CCCCC6C2C45)cc13. The summed E-state index contributed by atoms with van der Waals surface area (Å²) >= 11 is 0. The van der Waals surface area contributed by atoms with E-state index in [4.69, 9.17) is 14.5 Å². The van der Waals surface area contributed by atoms with Gasteiger partial charge in [0.2, 0.25) is 0 Å². The molecular formula is C48H51N3O2. The van der Waals surface area contributed by atoms with Crippen LogP contribution in [0.3, 0.4) is 0 Å². The molecule has 2 saturated heterocycles. The molecule has 11 unspecified atom stereocenters. The Morgan fingerprint density at radius 1 is 0.774 bits per heavy atom. The molecule has 3 aromatic rings. The van der Waals surface area contributed by atoms with Crippen LogP contribution in [0.5, 0.6) is 5.75 Å². The second-order valence-electron chi connectivity index (χ2n) is 17.7. The van der Waals surface area contributed by atoms with Gasteiger partial charge in [0.1, 0.15) is 17.3 Å². The summed E-state index contributed by atoms with van der Waals surface area (Å²) in [5.74, 6) is 5.38. The third-order valence-electron chi connectivity index (χ3n) is 15.6. The number of allylic oxidation sites excluding steroid dienone is 3. The molecule has 9 aliphatic rings. The Hall–Kier alpha value is -3.93. The molecule has 0 aromatic heterocycles. The van der Waals surface area contributed by atoms with Crippen LogP contribution in [0.1, 0.15) is 105 Å². The van der Waals surface area contributed by atoms with Gasteiger partial charge in [-0.05, 0) is 92.4 Å². The van der Waals surface area contributed by atoms with Crippen LogP contribution < -0.4 is 10.1 Å². The van der Waals surface area contributed by atoms with Gasteiger partial charge in [-0.2, -0.15) is 0 Å². The number of aliphatic imine (C=N–C) groups is 1. The molecule has 3 aromatic carbocycles. The van der Waals surface area contributed by atoms with Gasteiger partial charge in [0.15, 0.2) is 0 Å². The van der Waals surface area contributed by atoms with Crippen molar-refractivity contribution in [2.75, 3.05) is 0 Å². The van der Waals surface area contributed by atoms with Gasteiger partial charge < -0.3 is 14.8 Å². The topological polar surface area (TPSA) is 46.1 Å². The van der Waals surface area contributed by atoms with E-state index in [9.17, 15) is 0 Å². The zero-order valence-corrected chi connectivity index (χ0v) is 30.7. The smallest absolute Gasteiger partial charge is 0.133 e. The van der Waals surface area contributed by atoms with Crippen molar-refractivity contribution in [1.29, 1.82) is 0 Å². The van der Waals surface area contributed by atoms with E-state index in [1.54, 1.807) is 5.56 Å². The minimum absolute atomic E-state index is 0.258. The second-order valence-corrected chi connectivity index (χ2v) is 17.7. The molecule has 11 atom stereocenters. The van der Waals surface area contributed by atoms with Gasteiger partial charge >= 0.3 is 0 Å². The van der Waals surface area contributed by atoms with Gasteiger partial charge in [-0.15, -0.1) is 0 Å². The van der Waals surface area contributed by atoms with Gasteiger partial charge in [-0.3, -0.25) is 9.89 Å². The molecule has 5 heteroatoms. The number of morpholine rings is 1. The molecule has 6 fully saturated rings. The molecule has 270 valence electrons. The largest absolute Gasteiger partial charge is 0.460 e. The van der Waals surface area contributed by atoms with Crippen LogP contribution in [0.4, 0.5) is 0 Å². The van der Waals surface area contributed by atoms with Crippen LogP contribution in [0.25, 0.3) is 5.70 Å². The van der Waals surface area contributed by atoms with E-state index in [0.717, 1.165) is 53.4 Å². The summed E-state index contributed by atoms with van der Waals surface area (Å²) in [5.41, 5.74) is 5.77. The molecule has 53 heavy (non-hydrogen) atoms. The van der Waals surface area contributed by atoms with Gasteiger partial charge in [0, 0.05) is 40.9 Å². The summed E-state index contributed by atoms with van der Waals surface area (Å²) in [6.07, 6.45) is 25.4. The number of fused-ring (bicyclic) bond motifs is 7. The zero-order chi connectivity index (χ0) is 34.7. The molecule has 5 nitrogen and oxygen atoms in total. The van der Waals surface area contributed by atoms with Crippen LogP contribution in [0, 0.1) is 17.8 Å². The first-order chi connectivity index (χ1) is 26.2. The highest BCUT2D eigenvalue weighted by Gasteiger charge is 2.82. The molecule has 1 N–H and O–H groups in total. The molecule has 12 rings (SSSR count). The molecule has 0 radical (unpaired) electrons. The minimum Gasteiger partial charge on any atom is -0.460 e. The van der Waals surface area contributed by atoms with Crippen molar-refractivity contribution in [3.63, 3.8) is 0 Å². The lowest BCUT2D eigenvalue weighted by molar-refractivity contribution is -0.179. The standard InChI is InChI=1S/C48H51N3O2/c1-3-13-30(14-4-1)36-18-12-28-47(50-46(49-36)31-15-5-2-6-16-31)42-22-11-23-43-48(42,47)35-29-32(24-26-39(35)53-43)33-25-27-41-45-44(33)34-17-7-8-19-37(34)51(45)38-20-9-10-21-40(38)52-41/h1-6,11,13-16,18,22-24,26,29,33-34,37-38,40-42,44-45H,7-10,12,17,19-21,25,27-28H2,(H,49,50). The average Bonchev–Trinajstić information content (AvgIpc) is 3.42. The summed E-state index contributed by atoms with van der Waals surface area (Å²) in [7, 11) is 0. The highest BCUT2D eigenvalue weighted by atomic mass is 16.5. The van der Waals surface area contributed by atoms with Gasteiger partial charge in [0.25, 0.3) is 0 Å². The number of nitrogens with zero attached hydrogens (tertiary/aromatic N) is 2. The van der Waals surface area contributed by atoms with Crippen LogP contribution in [-0.4, -0.2) is 46.6 Å². The Bertz CT molecular complexity index is 2070. The first-order valence-corrected chi connectivity index (χ1v) is 21.1. The summed E-state index contributed by atoms with van der Waals surface area (Å²) in [6, 6.07) is 30.9. The Kier molecular flexibility index (Phi) is 6.99. The third-order valence-corrected chi connectivity index (χ3v) is 15.6. The average molecular weight is 702 g/mol. The van der Waals surface area contributed by atoms with Crippen molar-refractivity contribution in [3.8, 4) is 5.75 Å². The Balaban J connectivity index is 0.950. The van der Waals surface area contributed by atoms with Crippen molar-refractivity contribution < 1.29 is 9.47 Å². The van der Waals surface area contributed by atoms with Gasteiger partial charge in [-0.25, -0.2) is 0 Å². The third kappa shape index (κ3) is 4.35. The zero-order valence-electron chi connectivity index (χ0n) is 30.7. The molecule has 0 amide bonds. The molecule has 5 aliphatic carbocycles. The number of amidine groups is 1. The quantitative estimate of drug-likeness (QED) is 0.296. The van der Waals surface area contributed by atoms with Gasteiger partial charge in [0.05, 0.1) is 23.2 Å². The summed E-state index contributed by atoms with van der Waals surface area (Å²) in [5, 5.41) is 3.86. The number of hydrogen-bond acceptors (Lipinski definition) is 5. The van der Waals surface area contributed by atoms with E-state index in [1.807, 2.05) is 0 Å². The Morgan fingerprint density at radius 3 is 2.43 bits per heavy atom. The van der Waals surface area contributed by atoms with Crippen LogP contribution in [-0.2, 0) is 10.2 Å². The maximum atomic E-state index is 7.11. The Morgan fingerprint density at radius 2 is 1.57 bits per heavy atom. The summed E-state index contributed by atoms with van der Waals surface area (Å²) < 4.78 is 14.0. The molecule has 2 spiro atoms. The lowest BCUT2D eigenvalue weighted by Gasteiger charge is -2.54. The molecule has 0 bridgehead atoms. The van der Waals surface area contributed by atoms with E-state index < -0.39 is 0 Å². The lowest BCUT2D eigenvalue weighted by atomic mass is 9.64. The number of ether oxygens (including phenoxy) is 2. The number of hydrogen-bond donors (Lipinski definition) is 1. The van der Waals surface area contributed by atoms with Crippen molar-refractivity contribution in [1.82, 2.24) is 10.2 Å². The number of benzene rings is 3. The fourth-order valence-electron chi connectivity index (χ4n) is 13.6. The highest BCUT2D eigenvalue weighted by Crippen LogP contribution is 2.76. The monoisotopic (exact) mass is 701 g/mol. The predicted molar refractivity (Wildman–Crippen MR) is 210 cm³/mol. The van der Waals surface area contributed by atoms with Crippen LogP contribution in [0.15, 0.2) is 114 Å². The van der Waals surface area contributed by atoms with E-state index >= 15 is 0 Å². The van der Waals surface area contributed by atoms with Crippen molar-refractivity contribution >= 4 is 11.5 Å². The molecule has 4 aliphatic heterocycles. The fourth-order valence-corrected chi connectivity index (χ4v) is 13.6. The highest BCUT2D eigenvalue weighted by molar-refractivity contribution is 6.04. The second kappa shape index (κ2) is 11.8. The van der Waals surface area contributed by atoms with Crippen LogP contribution >= 0.6 is 0 Å². The van der Waals surface area contributed by atoms with E-state index in [1.165, 1.54) is 75.3 Å². The predicted octanol–water partition coefficient (Wildman–Crippen LogP) is 9.46. The molecular weight excluding hydrogens is 651 g/mol. The minimum atomic E-state index is -0.323.